The van der Waals surface area contributed by atoms with Crippen LogP contribution in [0.15, 0.2) is 0 Å². The number of carbonyl (C=O) groups excluding carboxylic acids is 1. The molecule has 6 heteroatoms. The Bertz CT molecular complexity index is 344. The molecule has 0 radical (unpaired) electrons. The van der Waals surface area contributed by atoms with Crippen molar-refractivity contribution in [2.24, 2.45) is 5.41 Å². The molecule has 1 saturated heterocycles. The summed E-state index contributed by atoms with van der Waals surface area (Å²) in [5, 5.41) is 24.6. The van der Waals surface area contributed by atoms with E-state index in [-0.39, 0.29) is 24.3 Å². The average molecular weight is 286 g/mol. The van der Waals surface area contributed by atoms with Crippen LogP contribution >= 0.6 is 0 Å². The Balaban J connectivity index is 2.60. The normalized spacial score (nSPS) is 20.9. The molecule has 1 aliphatic heterocycles. The van der Waals surface area contributed by atoms with Crippen molar-refractivity contribution >= 4 is 11.9 Å². The molecule has 0 aromatic carbocycles. The quantitative estimate of drug-likeness (QED) is 0.546. The third kappa shape index (κ3) is 4.76. The molecule has 1 amide bonds. The van der Waals surface area contributed by atoms with Crippen LogP contribution in [-0.4, -0.2) is 47.3 Å². The second-order valence-electron chi connectivity index (χ2n) is 6.03. The molecule has 1 aliphatic rings. The Morgan fingerprint density at radius 1 is 1.35 bits per heavy atom. The Labute approximate surface area is 119 Å². The van der Waals surface area contributed by atoms with Gasteiger partial charge in [-0.25, -0.2) is 0 Å². The number of carbonyl (C=O) groups is 2. The minimum atomic E-state index is -1.41. The Kier molecular flexibility index (Phi) is 5.95. The number of amides is 1. The van der Waals surface area contributed by atoms with Gasteiger partial charge < -0.3 is 20.8 Å². The highest BCUT2D eigenvalue weighted by atomic mass is 16.4. The Morgan fingerprint density at radius 2 is 1.95 bits per heavy atom. The standard InChI is InChI=1S/C14H26N2O4/c1-3-4-14(5-7-15-8-6-14)12(19)16-10-13(2,20)9-11(17)18/h15,20H,3-10H2,1-2H3,(H,16,19)(H,17,18). The zero-order valence-corrected chi connectivity index (χ0v) is 12.4. The van der Waals surface area contributed by atoms with Crippen molar-refractivity contribution in [3.63, 3.8) is 0 Å². The van der Waals surface area contributed by atoms with E-state index in [1.165, 1.54) is 6.92 Å². The molecule has 0 aromatic rings. The fourth-order valence-corrected chi connectivity index (χ4v) is 2.82. The van der Waals surface area contributed by atoms with Crippen LogP contribution in [0.2, 0.25) is 0 Å². The maximum Gasteiger partial charge on any atom is 0.306 e. The number of nitrogens with one attached hydrogen (secondary N) is 2. The predicted molar refractivity (Wildman–Crippen MR) is 75.3 cm³/mol. The predicted octanol–water partition coefficient (Wildman–Crippen LogP) is 0.498. The summed E-state index contributed by atoms with van der Waals surface area (Å²) < 4.78 is 0. The van der Waals surface area contributed by atoms with Crippen LogP contribution in [0.1, 0.15) is 46.0 Å². The van der Waals surface area contributed by atoms with E-state index in [0.29, 0.717) is 0 Å². The summed E-state index contributed by atoms with van der Waals surface area (Å²) in [6, 6.07) is 0. The average Bonchev–Trinajstić information content (AvgIpc) is 2.36. The van der Waals surface area contributed by atoms with Crippen molar-refractivity contribution in [1.82, 2.24) is 10.6 Å². The number of piperidine rings is 1. The second-order valence-corrected chi connectivity index (χ2v) is 6.03. The van der Waals surface area contributed by atoms with E-state index in [1.807, 2.05) is 0 Å². The van der Waals surface area contributed by atoms with E-state index >= 15 is 0 Å². The number of carboxylic acid groups (broad SMARTS) is 1. The highest BCUT2D eigenvalue weighted by molar-refractivity contribution is 5.83. The summed E-state index contributed by atoms with van der Waals surface area (Å²) in [5.74, 6) is -1.14. The third-order valence-electron chi connectivity index (χ3n) is 3.93. The van der Waals surface area contributed by atoms with Gasteiger partial charge in [0.2, 0.25) is 5.91 Å². The van der Waals surface area contributed by atoms with E-state index in [4.69, 9.17) is 5.11 Å². The number of carboxylic acids is 1. The first-order valence-electron chi connectivity index (χ1n) is 7.24. The lowest BCUT2D eigenvalue weighted by atomic mass is 9.74. The van der Waals surface area contributed by atoms with Crippen LogP contribution in [0.25, 0.3) is 0 Å². The fourth-order valence-electron chi connectivity index (χ4n) is 2.82. The van der Waals surface area contributed by atoms with E-state index in [0.717, 1.165) is 38.8 Å². The molecular formula is C14H26N2O4. The maximum absolute atomic E-state index is 12.4. The zero-order valence-electron chi connectivity index (χ0n) is 12.4. The molecule has 0 bridgehead atoms. The van der Waals surface area contributed by atoms with Gasteiger partial charge in [0, 0.05) is 6.54 Å². The van der Waals surface area contributed by atoms with Crippen LogP contribution in [-0.2, 0) is 9.59 Å². The van der Waals surface area contributed by atoms with Gasteiger partial charge in [-0.2, -0.15) is 0 Å². The first-order valence-corrected chi connectivity index (χ1v) is 7.24. The molecular weight excluding hydrogens is 260 g/mol. The van der Waals surface area contributed by atoms with Crippen molar-refractivity contribution < 1.29 is 19.8 Å². The molecule has 1 unspecified atom stereocenters. The van der Waals surface area contributed by atoms with E-state index in [1.54, 1.807) is 0 Å². The minimum Gasteiger partial charge on any atom is -0.481 e. The van der Waals surface area contributed by atoms with Crippen LogP contribution in [0, 0.1) is 5.41 Å². The Hall–Kier alpha value is -1.14. The lowest BCUT2D eigenvalue weighted by Gasteiger charge is -2.37. The van der Waals surface area contributed by atoms with Gasteiger partial charge in [0.05, 0.1) is 17.4 Å². The number of aliphatic hydroxyl groups is 1. The highest BCUT2D eigenvalue weighted by Crippen LogP contribution is 2.34. The molecule has 1 rings (SSSR count). The van der Waals surface area contributed by atoms with Crippen molar-refractivity contribution in [1.29, 1.82) is 0 Å². The van der Waals surface area contributed by atoms with Crippen LogP contribution in [0.5, 0.6) is 0 Å². The number of aliphatic carboxylic acids is 1. The van der Waals surface area contributed by atoms with Crippen molar-refractivity contribution in [3.8, 4) is 0 Å². The number of rotatable bonds is 7. The van der Waals surface area contributed by atoms with Gasteiger partial charge in [0.25, 0.3) is 0 Å². The first-order chi connectivity index (χ1) is 9.31. The molecule has 1 atom stereocenters. The smallest absolute Gasteiger partial charge is 0.306 e. The van der Waals surface area contributed by atoms with Gasteiger partial charge in [0.15, 0.2) is 0 Å². The molecule has 0 spiro atoms. The first kappa shape index (κ1) is 16.9. The molecule has 116 valence electrons. The lowest BCUT2D eigenvalue weighted by molar-refractivity contribution is -0.143. The highest BCUT2D eigenvalue weighted by Gasteiger charge is 2.39. The van der Waals surface area contributed by atoms with E-state index in [2.05, 4.69) is 17.6 Å². The molecule has 0 saturated carbocycles. The molecule has 1 fully saturated rings. The summed E-state index contributed by atoms with van der Waals surface area (Å²) in [6.07, 6.45) is 2.94. The Morgan fingerprint density at radius 3 is 2.45 bits per heavy atom. The molecule has 4 N–H and O–H groups in total. The van der Waals surface area contributed by atoms with Crippen LogP contribution in [0.4, 0.5) is 0 Å². The third-order valence-corrected chi connectivity index (χ3v) is 3.93. The van der Waals surface area contributed by atoms with Crippen molar-refractivity contribution in [2.75, 3.05) is 19.6 Å². The molecule has 1 heterocycles. The fraction of sp³-hybridized carbons (Fsp3) is 0.857. The largest absolute Gasteiger partial charge is 0.481 e. The minimum absolute atomic E-state index is 0.0307. The van der Waals surface area contributed by atoms with Crippen molar-refractivity contribution in [2.45, 2.75) is 51.6 Å². The van der Waals surface area contributed by atoms with Gasteiger partial charge in [-0.05, 0) is 39.3 Å². The molecule has 6 nitrogen and oxygen atoms in total. The monoisotopic (exact) mass is 286 g/mol. The van der Waals surface area contributed by atoms with Gasteiger partial charge in [-0.15, -0.1) is 0 Å². The maximum atomic E-state index is 12.4. The van der Waals surface area contributed by atoms with Crippen LogP contribution < -0.4 is 10.6 Å². The summed E-state index contributed by atoms with van der Waals surface area (Å²) in [7, 11) is 0. The van der Waals surface area contributed by atoms with Crippen molar-refractivity contribution in [3.05, 3.63) is 0 Å². The topological polar surface area (TPSA) is 98.7 Å². The molecule has 0 aromatic heterocycles. The van der Waals surface area contributed by atoms with Gasteiger partial charge >= 0.3 is 5.97 Å². The zero-order chi connectivity index (χ0) is 15.2. The van der Waals surface area contributed by atoms with Gasteiger partial charge in [-0.3, -0.25) is 9.59 Å². The second kappa shape index (κ2) is 7.04. The van der Waals surface area contributed by atoms with Gasteiger partial charge in [-0.1, -0.05) is 13.3 Å². The van der Waals surface area contributed by atoms with E-state index < -0.39 is 11.6 Å². The van der Waals surface area contributed by atoms with Gasteiger partial charge in [0.1, 0.15) is 0 Å². The lowest BCUT2D eigenvalue weighted by Crippen LogP contribution is -2.51. The molecule has 20 heavy (non-hydrogen) atoms. The van der Waals surface area contributed by atoms with E-state index in [9.17, 15) is 14.7 Å². The summed E-state index contributed by atoms with van der Waals surface area (Å²) in [6.45, 7) is 5.09. The summed E-state index contributed by atoms with van der Waals surface area (Å²) >= 11 is 0. The number of hydrogen-bond acceptors (Lipinski definition) is 4. The number of hydrogen-bond donors (Lipinski definition) is 4. The summed E-state index contributed by atoms with van der Waals surface area (Å²) in [5.41, 5.74) is -1.79. The summed E-state index contributed by atoms with van der Waals surface area (Å²) in [4.78, 5) is 23.1. The van der Waals surface area contributed by atoms with Crippen LogP contribution in [0.3, 0.4) is 0 Å². The molecule has 0 aliphatic carbocycles. The SMILES string of the molecule is CCCC1(C(=O)NCC(C)(O)CC(=O)O)CCNCC1.